The third-order valence-electron chi connectivity index (χ3n) is 6.90. The Balaban J connectivity index is 1.12. The molecule has 0 atom stereocenters. The Bertz CT molecular complexity index is 897. The standard InChI is InChI=1S/C24H27NO4/c26-22(25-24-11-16-8-17(12-24)10-18(9-16)13-24)14-29-23(27)15-28-21-7-3-5-19-4-1-2-6-20(19)21/h1-7,16-18H,8-15H2,(H,25,26). The highest BCUT2D eigenvalue weighted by molar-refractivity contribution is 5.88. The van der Waals surface area contributed by atoms with Crippen LogP contribution in [0.1, 0.15) is 38.5 Å². The van der Waals surface area contributed by atoms with Crippen molar-refractivity contribution in [3.8, 4) is 5.75 Å². The Labute approximate surface area is 170 Å². The predicted molar refractivity (Wildman–Crippen MR) is 109 cm³/mol. The lowest BCUT2D eigenvalue weighted by Gasteiger charge is -2.56. The third kappa shape index (κ3) is 3.83. The molecule has 4 aliphatic carbocycles. The molecule has 5 nitrogen and oxygen atoms in total. The van der Waals surface area contributed by atoms with E-state index in [1.54, 1.807) is 0 Å². The highest BCUT2D eigenvalue weighted by Crippen LogP contribution is 2.55. The number of amides is 1. The van der Waals surface area contributed by atoms with Crippen LogP contribution in [-0.2, 0) is 14.3 Å². The summed E-state index contributed by atoms with van der Waals surface area (Å²) in [6.07, 6.45) is 7.25. The van der Waals surface area contributed by atoms with E-state index < -0.39 is 5.97 Å². The summed E-state index contributed by atoms with van der Waals surface area (Å²) in [6, 6.07) is 13.6. The van der Waals surface area contributed by atoms with E-state index in [4.69, 9.17) is 9.47 Å². The first-order valence-electron chi connectivity index (χ1n) is 10.7. The number of hydrogen-bond donors (Lipinski definition) is 1. The molecule has 2 aromatic carbocycles. The first-order valence-corrected chi connectivity index (χ1v) is 10.7. The fraction of sp³-hybridized carbons (Fsp3) is 0.500. The largest absolute Gasteiger partial charge is 0.481 e. The average molecular weight is 393 g/mol. The molecule has 4 bridgehead atoms. The molecular formula is C24H27NO4. The van der Waals surface area contributed by atoms with Crippen LogP contribution in [0.3, 0.4) is 0 Å². The average Bonchev–Trinajstić information content (AvgIpc) is 2.69. The van der Waals surface area contributed by atoms with E-state index >= 15 is 0 Å². The summed E-state index contributed by atoms with van der Waals surface area (Å²) >= 11 is 0. The van der Waals surface area contributed by atoms with Crippen molar-refractivity contribution >= 4 is 22.6 Å². The van der Waals surface area contributed by atoms with Gasteiger partial charge < -0.3 is 14.8 Å². The van der Waals surface area contributed by atoms with Crippen molar-refractivity contribution in [2.24, 2.45) is 17.8 Å². The number of carbonyl (C=O) groups excluding carboxylic acids is 2. The molecule has 0 aromatic heterocycles. The van der Waals surface area contributed by atoms with Crippen molar-refractivity contribution in [3.63, 3.8) is 0 Å². The topological polar surface area (TPSA) is 64.6 Å². The number of rotatable bonds is 6. The summed E-state index contributed by atoms with van der Waals surface area (Å²) in [5.41, 5.74) is -0.0578. The Morgan fingerprint density at radius 3 is 2.28 bits per heavy atom. The molecule has 0 radical (unpaired) electrons. The fourth-order valence-corrected chi connectivity index (χ4v) is 6.24. The van der Waals surface area contributed by atoms with E-state index in [0.29, 0.717) is 5.75 Å². The highest BCUT2D eigenvalue weighted by Gasteiger charge is 2.51. The van der Waals surface area contributed by atoms with E-state index in [1.165, 1.54) is 19.3 Å². The zero-order valence-electron chi connectivity index (χ0n) is 16.6. The van der Waals surface area contributed by atoms with Crippen LogP contribution in [0, 0.1) is 17.8 Å². The van der Waals surface area contributed by atoms with Gasteiger partial charge in [0.15, 0.2) is 13.2 Å². The number of hydrogen-bond acceptors (Lipinski definition) is 4. The quantitative estimate of drug-likeness (QED) is 0.757. The van der Waals surface area contributed by atoms with Crippen LogP contribution in [0.25, 0.3) is 10.8 Å². The van der Waals surface area contributed by atoms with Crippen molar-refractivity contribution in [1.29, 1.82) is 0 Å². The van der Waals surface area contributed by atoms with Gasteiger partial charge in [0.2, 0.25) is 0 Å². The van der Waals surface area contributed by atoms with Gasteiger partial charge in [-0.05, 0) is 67.7 Å². The van der Waals surface area contributed by atoms with Crippen molar-refractivity contribution in [2.45, 2.75) is 44.1 Å². The molecular weight excluding hydrogens is 366 g/mol. The molecule has 0 saturated heterocycles. The van der Waals surface area contributed by atoms with E-state index in [-0.39, 0.29) is 24.7 Å². The summed E-state index contributed by atoms with van der Waals surface area (Å²) < 4.78 is 10.8. The van der Waals surface area contributed by atoms with Gasteiger partial charge in [0.05, 0.1) is 0 Å². The Kier molecular flexibility index (Phi) is 4.69. The third-order valence-corrected chi connectivity index (χ3v) is 6.90. The second-order valence-electron chi connectivity index (χ2n) is 9.17. The second kappa shape index (κ2) is 7.36. The number of fused-ring (bicyclic) bond motifs is 1. The zero-order chi connectivity index (χ0) is 19.8. The maximum absolute atomic E-state index is 12.5. The van der Waals surface area contributed by atoms with Gasteiger partial charge in [-0.15, -0.1) is 0 Å². The molecule has 4 saturated carbocycles. The van der Waals surface area contributed by atoms with Crippen molar-refractivity contribution in [3.05, 3.63) is 42.5 Å². The number of nitrogens with one attached hydrogen (secondary N) is 1. The number of carbonyl (C=O) groups is 2. The second-order valence-corrected chi connectivity index (χ2v) is 9.17. The Morgan fingerprint density at radius 1 is 0.897 bits per heavy atom. The van der Waals surface area contributed by atoms with Crippen LogP contribution in [0.15, 0.2) is 42.5 Å². The van der Waals surface area contributed by atoms with Crippen LogP contribution >= 0.6 is 0 Å². The monoisotopic (exact) mass is 393 g/mol. The molecule has 5 heteroatoms. The van der Waals surface area contributed by atoms with Gasteiger partial charge in [0.1, 0.15) is 5.75 Å². The van der Waals surface area contributed by atoms with E-state index in [0.717, 1.165) is 47.8 Å². The molecule has 0 spiro atoms. The minimum Gasteiger partial charge on any atom is -0.481 e. The van der Waals surface area contributed by atoms with Gasteiger partial charge in [0, 0.05) is 10.9 Å². The summed E-state index contributed by atoms with van der Waals surface area (Å²) in [4.78, 5) is 24.5. The van der Waals surface area contributed by atoms with Crippen LogP contribution in [0.2, 0.25) is 0 Å². The minimum absolute atomic E-state index is 0.0578. The summed E-state index contributed by atoms with van der Waals surface area (Å²) in [5.74, 6) is 2.21. The summed E-state index contributed by atoms with van der Waals surface area (Å²) in [6.45, 7) is -0.446. The highest BCUT2D eigenvalue weighted by atomic mass is 16.6. The van der Waals surface area contributed by atoms with E-state index in [2.05, 4.69) is 5.32 Å². The van der Waals surface area contributed by atoms with Gasteiger partial charge >= 0.3 is 5.97 Å². The van der Waals surface area contributed by atoms with Crippen molar-refractivity contribution < 1.29 is 19.1 Å². The van der Waals surface area contributed by atoms with E-state index in [1.807, 2.05) is 42.5 Å². The maximum Gasteiger partial charge on any atom is 0.344 e. The molecule has 1 N–H and O–H groups in total. The predicted octanol–water partition coefficient (Wildman–Crippen LogP) is 3.85. The SMILES string of the molecule is O=C(COC(=O)COc1cccc2ccccc12)NC12CC3CC(CC(C3)C1)C2. The van der Waals surface area contributed by atoms with Crippen LogP contribution < -0.4 is 10.1 Å². The zero-order valence-corrected chi connectivity index (χ0v) is 16.6. The summed E-state index contributed by atoms with van der Waals surface area (Å²) in [7, 11) is 0. The first kappa shape index (κ1) is 18.5. The number of esters is 1. The molecule has 0 unspecified atom stereocenters. The molecule has 1 amide bonds. The lowest BCUT2D eigenvalue weighted by molar-refractivity contribution is -0.151. The van der Waals surface area contributed by atoms with Crippen molar-refractivity contribution in [1.82, 2.24) is 5.32 Å². The van der Waals surface area contributed by atoms with E-state index in [9.17, 15) is 9.59 Å². The Morgan fingerprint density at radius 2 is 1.55 bits per heavy atom. The van der Waals surface area contributed by atoms with Gasteiger partial charge in [-0.2, -0.15) is 0 Å². The molecule has 152 valence electrons. The van der Waals surface area contributed by atoms with Gasteiger partial charge in [0.25, 0.3) is 5.91 Å². The molecule has 4 fully saturated rings. The van der Waals surface area contributed by atoms with Crippen molar-refractivity contribution in [2.75, 3.05) is 13.2 Å². The van der Waals surface area contributed by atoms with Crippen LogP contribution in [0.4, 0.5) is 0 Å². The lowest BCUT2D eigenvalue weighted by atomic mass is 9.53. The molecule has 0 heterocycles. The number of ether oxygens (including phenoxy) is 2. The molecule has 29 heavy (non-hydrogen) atoms. The molecule has 4 aliphatic rings. The molecule has 2 aromatic rings. The lowest BCUT2D eigenvalue weighted by Crippen LogP contribution is -2.60. The smallest absolute Gasteiger partial charge is 0.344 e. The number of benzene rings is 2. The molecule has 0 aliphatic heterocycles. The fourth-order valence-electron chi connectivity index (χ4n) is 6.24. The maximum atomic E-state index is 12.5. The van der Waals surface area contributed by atoms with Gasteiger partial charge in [-0.25, -0.2) is 4.79 Å². The van der Waals surface area contributed by atoms with Crippen LogP contribution in [-0.4, -0.2) is 30.6 Å². The Hall–Kier alpha value is -2.56. The van der Waals surface area contributed by atoms with Gasteiger partial charge in [-0.3, -0.25) is 4.79 Å². The van der Waals surface area contributed by atoms with Crippen LogP contribution in [0.5, 0.6) is 5.75 Å². The van der Waals surface area contributed by atoms with Gasteiger partial charge in [-0.1, -0.05) is 36.4 Å². The molecule has 6 rings (SSSR count). The minimum atomic E-state index is -0.529. The first-order chi connectivity index (χ1) is 14.1. The normalized spacial score (nSPS) is 29.6. The summed E-state index contributed by atoms with van der Waals surface area (Å²) in [5, 5.41) is 5.22.